The van der Waals surface area contributed by atoms with Crippen molar-refractivity contribution in [1.82, 2.24) is 15.5 Å². The van der Waals surface area contributed by atoms with Gasteiger partial charge in [-0.3, -0.25) is 4.79 Å². The van der Waals surface area contributed by atoms with E-state index in [-0.39, 0.29) is 29.6 Å². The molecule has 0 spiro atoms. The molecule has 0 saturated heterocycles. The van der Waals surface area contributed by atoms with Gasteiger partial charge in [0.1, 0.15) is 6.54 Å². The molecule has 9 heteroatoms. The maximum Gasteiger partial charge on any atom is 0.243 e. The van der Waals surface area contributed by atoms with Crippen LogP contribution in [0, 0.1) is 0 Å². The van der Waals surface area contributed by atoms with E-state index in [1.165, 1.54) is 4.90 Å². The molecule has 1 aromatic carbocycles. The second-order valence-electron chi connectivity index (χ2n) is 5.18. The average Bonchev–Trinajstić information content (AvgIpc) is 2.52. The van der Waals surface area contributed by atoms with Gasteiger partial charge in [0.15, 0.2) is 15.8 Å². The zero-order chi connectivity index (χ0) is 18.2. The van der Waals surface area contributed by atoms with Crippen LogP contribution in [-0.4, -0.2) is 64.7 Å². The zero-order valence-corrected chi connectivity index (χ0v) is 16.4. The molecule has 1 rings (SSSR count). The lowest BCUT2D eigenvalue weighted by Gasteiger charge is -2.13. The van der Waals surface area contributed by atoms with Gasteiger partial charge in [0.25, 0.3) is 0 Å². The van der Waals surface area contributed by atoms with E-state index < -0.39 is 9.84 Å². The number of sulfone groups is 1. The van der Waals surface area contributed by atoms with Gasteiger partial charge in [-0.2, -0.15) is 0 Å². The maximum absolute atomic E-state index is 12.3. The number of hydrogen-bond acceptors (Lipinski definition) is 4. The van der Waals surface area contributed by atoms with E-state index in [4.69, 9.17) is 0 Å². The predicted molar refractivity (Wildman–Crippen MR) is 98.9 cm³/mol. The number of nitrogens with one attached hydrogen (secondary N) is 2. The molecule has 1 aromatic rings. The molecule has 1 amide bonds. The molecule has 0 unspecified atom stereocenters. The minimum Gasteiger partial charge on any atom is -0.357 e. The highest BCUT2D eigenvalue weighted by Crippen LogP contribution is 2.15. The summed E-state index contributed by atoms with van der Waals surface area (Å²) in [6, 6.07) is 6.51. The Morgan fingerprint density at radius 2 is 1.83 bits per heavy atom. The van der Waals surface area contributed by atoms with Gasteiger partial charge >= 0.3 is 0 Å². The van der Waals surface area contributed by atoms with Crippen molar-refractivity contribution in [3.05, 3.63) is 28.7 Å². The maximum atomic E-state index is 12.3. The van der Waals surface area contributed by atoms with E-state index in [9.17, 15) is 13.2 Å². The normalized spacial score (nSPS) is 11.9. The summed E-state index contributed by atoms with van der Waals surface area (Å²) in [4.78, 5) is 17.4. The molecule has 0 saturated carbocycles. The second kappa shape index (κ2) is 9.63. The van der Waals surface area contributed by atoms with Gasteiger partial charge < -0.3 is 15.5 Å². The number of halogens is 1. The number of guanidine groups is 1. The largest absolute Gasteiger partial charge is 0.357 e. The molecule has 134 valence electrons. The number of carbonyl (C=O) groups excluding carboxylic acids is 1. The Balaban J connectivity index is 2.62. The predicted octanol–water partition coefficient (Wildman–Crippen LogP) is 0.866. The number of carbonyl (C=O) groups is 1. The van der Waals surface area contributed by atoms with E-state index in [0.29, 0.717) is 12.5 Å². The van der Waals surface area contributed by atoms with Crippen LogP contribution in [0.3, 0.4) is 0 Å². The minimum atomic E-state index is -3.37. The number of likely N-dealkylation sites (N-methyl/N-ethyl adjacent to an activating group) is 1. The lowest BCUT2D eigenvalue weighted by Crippen LogP contribution is -2.40. The summed E-state index contributed by atoms with van der Waals surface area (Å²) in [5.74, 6) is 0.217. The zero-order valence-electron chi connectivity index (χ0n) is 14.0. The van der Waals surface area contributed by atoms with Crippen molar-refractivity contribution in [2.75, 3.05) is 39.5 Å². The van der Waals surface area contributed by atoms with Crippen LogP contribution in [-0.2, 0) is 14.6 Å². The van der Waals surface area contributed by atoms with Crippen molar-refractivity contribution in [2.24, 2.45) is 4.99 Å². The van der Waals surface area contributed by atoms with Crippen molar-refractivity contribution in [2.45, 2.75) is 11.8 Å². The van der Waals surface area contributed by atoms with Gasteiger partial charge in [0, 0.05) is 31.7 Å². The van der Waals surface area contributed by atoms with Crippen molar-refractivity contribution in [3.8, 4) is 0 Å². The number of benzene rings is 1. The Labute approximate surface area is 151 Å². The van der Waals surface area contributed by atoms with Gasteiger partial charge in [-0.05, 0) is 31.2 Å². The fourth-order valence-corrected chi connectivity index (χ4v) is 3.12. The van der Waals surface area contributed by atoms with Crippen LogP contribution in [0.25, 0.3) is 0 Å². The van der Waals surface area contributed by atoms with E-state index in [0.717, 1.165) is 4.47 Å². The molecule has 0 heterocycles. The average molecular weight is 419 g/mol. The van der Waals surface area contributed by atoms with Crippen molar-refractivity contribution in [1.29, 1.82) is 0 Å². The van der Waals surface area contributed by atoms with Crippen molar-refractivity contribution in [3.63, 3.8) is 0 Å². The number of aliphatic imine (C=N–C) groups is 1. The van der Waals surface area contributed by atoms with Crippen LogP contribution in [0.4, 0.5) is 0 Å². The first kappa shape index (κ1) is 20.4. The SMILES string of the molecule is CCNC(=NCC(=O)N(C)C)NCCS(=O)(=O)c1ccc(Br)cc1. The molecule has 0 bridgehead atoms. The summed E-state index contributed by atoms with van der Waals surface area (Å²) in [7, 11) is -0.0621. The molecule has 0 atom stereocenters. The standard InChI is InChI=1S/C15H23BrN4O3S/c1-4-17-15(19-11-14(21)20(2)3)18-9-10-24(22,23)13-7-5-12(16)6-8-13/h5-8H,4,9-11H2,1-3H3,(H2,17,18,19). The fraction of sp³-hybridized carbons (Fsp3) is 0.467. The minimum absolute atomic E-state index is 0.00178. The van der Waals surface area contributed by atoms with Crippen molar-refractivity contribution >= 4 is 37.6 Å². The van der Waals surface area contributed by atoms with E-state index in [1.807, 2.05) is 6.92 Å². The first-order valence-electron chi connectivity index (χ1n) is 7.47. The molecule has 0 aliphatic rings. The van der Waals surface area contributed by atoms with Gasteiger partial charge in [-0.25, -0.2) is 13.4 Å². The number of amides is 1. The molecule has 0 fully saturated rings. The quantitative estimate of drug-likeness (QED) is 0.506. The Kier molecular flexibility index (Phi) is 8.20. The summed E-state index contributed by atoms with van der Waals surface area (Å²) < 4.78 is 25.3. The lowest BCUT2D eigenvalue weighted by atomic mass is 10.4. The molecular weight excluding hydrogens is 396 g/mol. The summed E-state index contributed by atoms with van der Waals surface area (Å²) in [5, 5.41) is 5.91. The molecule has 0 aliphatic carbocycles. The topological polar surface area (TPSA) is 90.9 Å². The Morgan fingerprint density at radius 3 is 2.38 bits per heavy atom. The number of nitrogens with zero attached hydrogens (tertiary/aromatic N) is 2. The summed E-state index contributed by atoms with van der Waals surface area (Å²) in [6.45, 7) is 2.70. The van der Waals surface area contributed by atoms with Gasteiger partial charge in [-0.1, -0.05) is 15.9 Å². The lowest BCUT2D eigenvalue weighted by molar-refractivity contribution is -0.127. The molecule has 24 heavy (non-hydrogen) atoms. The van der Waals surface area contributed by atoms with Crippen LogP contribution >= 0.6 is 15.9 Å². The molecular formula is C15H23BrN4O3S. The number of hydrogen-bond donors (Lipinski definition) is 2. The Morgan fingerprint density at radius 1 is 1.21 bits per heavy atom. The van der Waals surface area contributed by atoms with Crippen LogP contribution in [0.5, 0.6) is 0 Å². The van der Waals surface area contributed by atoms with Gasteiger partial charge in [0.05, 0.1) is 10.6 Å². The van der Waals surface area contributed by atoms with Crippen LogP contribution < -0.4 is 10.6 Å². The van der Waals surface area contributed by atoms with Gasteiger partial charge in [0.2, 0.25) is 5.91 Å². The molecule has 0 aromatic heterocycles. The summed E-state index contributed by atoms with van der Waals surface area (Å²) in [6.07, 6.45) is 0. The second-order valence-corrected chi connectivity index (χ2v) is 8.21. The van der Waals surface area contributed by atoms with Gasteiger partial charge in [-0.15, -0.1) is 0 Å². The Hall–Kier alpha value is -1.61. The molecule has 2 N–H and O–H groups in total. The molecule has 0 radical (unpaired) electrons. The van der Waals surface area contributed by atoms with E-state index in [2.05, 4.69) is 31.6 Å². The molecule has 7 nitrogen and oxygen atoms in total. The first-order valence-corrected chi connectivity index (χ1v) is 9.91. The third kappa shape index (κ3) is 6.88. The highest BCUT2D eigenvalue weighted by molar-refractivity contribution is 9.10. The highest BCUT2D eigenvalue weighted by atomic mass is 79.9. The monoisotopic (exact) mass is 418 g/mol. The molecule has 0 aliphatic heterocycles. The third-order valence-corrected chi connectivity index (χ3v) is 5.31. The van der Waals surface area contributed by atoms with Crippen molar-refractivity contribution < 1.29 is 13.2 Å². The number of rotatable bonds is 7. The summed E-state index contributed by atoms with van der Waals surface area (Å²) >= 11 is 3.28. The van der Waals surface area contributed by atoms with Crippen LogP contribution in [0.1, 0.15) is 6.92 Å². The van der Waals surface area contributed by atoms with E-state index >= 15 is 0 Å². The van der Waals surface area contributed by atoms with Crippen LogP contribution in [0.15, 0.2) is 38.6 Å². The van der Waals surface area contributed by atoms with E-state index in [1.54, 1.807) is 38.4 Å². The first-order chi connectivity index (χ1) is 11.3. The fourth-order valence-electron chi connectivity index (χ4n) is 1.69. The summed E-state index contributed by atoms with van der Waals surface area (Å²) in [5.41, 5.74) is 0. The third-order valence-electron chi connectivity index (χ3n) is 3.05. The smallest absolute Gasteiger partial charge is 0.243 e. The van der Waals surface area contributed by atoms with Crippen LogP contribution in [0.2, 0.25) is 0 Å². The Bertz CT molecular complexity index is 672. The highest BCUT2D eigenvalue weighted by Gasteiger charge is 2.14.